The number of nitrogens with two attached hydrogens (primary N) is 1. The van der Waals surface area contributed by atoms with Crippen molar-refractivity contribution in [3.05, 3.63) is 23.3 Å². The first-order chi connectivity index (χ1) is 6.89. The highest BCUT2D eigenvalue weighted by molar-refractivity contribution is 5.98. The van der Waals surface area contributed by atoms with Gasteiger partial charge in [-0.25, -0.2) is 0 Å². The predicted molar refractivity (Wildman–Crippen MR) is 57.6 cm³/mol. The largest absolute Gasteiger partial charge is 0.446 e. The third-order valence-corrected chi connectivity index (χ3v) is 2.99. The van der Waals surface area contributed by atoms with Crippen molar-refractivity contribution in [2.45, 2.75) is 33.6 Å². The third kappa shape index (κ3) is 1.78. The van der Waals surface area contributed by atoms with Crippen molar-refractivity contribution in [1.82, 2.24) is 0 Å². The van der Waals surface area contributed by atoms with E-state index < -0.39 is 0 Å². The van der Waals surface area contributed by atoms with Crippen molar-refractivity contribution >= 4 is 5.78 Å². The Balaban J connectivity index is 2.38. The molecule has 1 aliphatic heterocycles. The van der Waals surface area contributed by atoms with Crippen molar-refractivity contribution in [2.75, 3.05) is 0 Å². The Morgan fingerprint density at radius 1 is 1.47 bits per heavy atom. The zero-order chi connectivity index (χ0) is 11.2. The fourth-order valence-corrected chi connectivity index (χ4v) is 2.38. The van der Waals surface area contributed by atoms with Crippen LogP contribution >= 0.6 is 0 Å². The van der Waals surface area contributed by atoms with Gasteiger partial charge in [0.15, 0.2) is 11.7 Å². The van der Waals surface area contributed by atoms with Gasteiger partial charge >= 0.3 is 0 Å². The summed E-state index contributed by atoms with van der Waals surface area (Å²) in [5.41, 5.74) is 6.48. The first-order valence-electron chi connectivity index (χ1n) is 5.30. The van der Waals surface area contributed by atoms with Crippen LogP contribution in [0.3, 0.4) is 0 Å². The maximum atomic E-state index is 12.0. The molecule has 2 aliphatic rings. The van der Waals surface area contributed by atoms with E-state index in [0.717, 1.165) is 17.8 Å². The lowest BCUT2D eigenvalue weighted by Gasteiger charge is -2.35. The SMILES string of the molecule is CC1C=C(N)OC2=C1C(=O)CC(C)(C)C2. The average Bonchev–Trinajstić information content (AvgIpc) is 1.97. The highest BCUT2D eigenvalue weighted by Gasteiger charge is 2.37. The highest BCUT2D eigenvalue weighted by Crippen LogP contribution is 2.41. The summed E-state index contributed by atoms with van der Waals surface area (Å²) >= 11 is 0. The van der Waals surface area contributed by atoms with Crippen LogP contribution in [0.4, 0.5) is 0 Å². The first kappa shape index (κ1) is 10.3. The molecule has 82 valence electrons. The zero-order valence-corrected chi connectivity index (χ0v) is 9.46. The summed E-state index contributed by atoms with van der Waals surface area (Å²) in [6, 6.07) is 0. The number of carbonyl (C=O) groups excluding carboxylic acids is 1. The molecule has 3 nitrogen and oxygen atoms in total. The summed E-state index contributed by atoms with van der Waals surface area (Å²) in [5.74, 6) is 1.50. The van der Waals surface area contributed by atoms with E-state index in [1.54, 1.807) is 6.08 Å². The summed E-state index contributed by atoms with van der Waals surface area (Å²) in [5, 5.41) is 0. The van der Waals surface area contributed by atoms with Gasteiger partial charge in [0.2, 0.25) is 0 Å². The Morgan fingerprint density at radius 2 is 2.13 bits per heavy atom. The van der Waals surface area contributed by atoms with Crippen LogP contribution in [0.15, 0.2) is 23.3 Å². The summed E-state index contributed by atoms with van der Waals surface area (Å²) in [6.07, 6.45) is 3.20. The Morgan fingerprint density at radius 3 is 2.80 bits per heavy atom. The smallest absolute Gasteiger partial charge is 0.186 e. The topological polar surface area (TPSA) is 52.3 Å². The highest BCUT2D eigenvalue weighted by atomic mass is 16.5. The number of Topliss-reactive ketones (excluding diaryl/α,β-unsaturated/α-hetero) is 1. The van der Waals surface area contributed by atoms with Crippen molar-refractivity contribution in [1.29, 1.82) is 0 Å². The van der Waals surface area contributed by atoms with Gasteiger partial charge in [0, 0.05) is 24.3 Å². The molecule has 0 aromatic rings. The van der Waals surface area contributed by atoms with E-state index in [9.17, 15) is 4.79 Å². The van der Waals surface area contributed by atoms with Crippen molar-refractivity contribution < 1.29 is 9.53 Å². The molecule has 0 aromatic carbocycles. The minimum Gasteiger partial charge on any atom is -0.446 e. The molecule has 0 aromatic heterocycles. The molecule has 1 atom stereocenters. The number of carbonyl (C=O) groups is 1. The number of hydrogen-bond donors (Lipinski definition) is 1. The van der Waals surface area contributed by atoms with E-state index in [2.05, 4.69) is 13.8 Å². The van der Waals surface area contributed by atoms with E-state index >= 15 is 0 Å². The van der Waals surface area contributed by atoms with Crippen LogP contribution in [0.25, 0.3) is 0 Å². The van der Waals surface area contributed by atoms with E-state index in [4.69, 9.17) is 10.5 Å². The van der Waals surface area contributed by atoms with Crippen LogP contribution < -0.4 is 5.73 Å². The summed E-state index contributed by atoms with van der Waals surface area (Å²) < 4.78 is 5.46. The molecule has 0 fully saturated rings. The third-order valence-electron chi connectivity index (χ3n) is 2.99. The number of allylic oxidation sites excluding steroid dienone is 3. The molecule has 2 rings (SSSR count). The number of ether oxygens (including phenoxy) is 1. The maximum absolute atomic E-state index is 12.0. The number of rotatable bonds is 0. The van der Waals surface area contributed by atoms with Crippen LogP contribution in [-0.2, 0) is 9.53 Å². The number of ketones is 1. The monoisotopic (exact) mass is 207 g/mol. The van der Waals surface area contributed by atoms with Gasteiger partial charge in [-0.1, -0.05) is 20.8 Å². The predicted octanol–water partition coefficient (Wildman–Crippen LogP) is 2.10. The molecular formula is C12H17NO2. The first-order valence-corrected chi connectivity index (χ1v) is 5.30. The zero-order valence-electron chi connectivity index (χ0n) is 9.46. The van der Waals surface area contributed by atoms with Crippen LogP contribution in [0.1, 0.15) is 33.6 Å². The molecule has 1 unspecified atom stereocenters. The van der Waals surface area contributed by atoms with Gasteiger partial charge in [-0.3, -0.25) is 4.79 Å². The molecule has 3 heteroatoms. The molecule has 0 spiro atoms. The fourth-order valence-electron chi connectivity index (χ4n) is 2.38. The Kier molecular flexibility index (Phi) is 2.14. The normalized spacial score (nSPS) is 29.4. The lowest BCUT2D eigenvalue weighted by atomic mass is 9.73. The van der Waals surface area contributed by atoms with Crippen LogP contribution in [0.5, 0.6) is 0 Å². The van der Waals surface area contributed by atoms with E-state index in [1.165, 1.54) is 0 Å². The second-order valence-corrected chi connectivity index (χ2v) is 5.24. The minimum absolute atomic E-state index is 0.00669. The summed E-state index contributed by atoms with van der Waals surface area (Å²) in [6.45, 7) is 6.15. The molecule has 1 heterocycles. The second-order valence-electron chi connectivity index (χ2n) is 5.24. The van der Waals surface area contributed by atoms with Crippen molar-refractivity contribution in [2.24, 2.45) is 17.1 Å². The quantitative estimate of drug-likeness (QED) is 0.661. The van der Waals surface area contributed by atoms with E-state index in [-0.39, 0.29) is 17.1 Å². The second kappa shape index (κ2) is 3.12. The lowest BCUT2D eigenvalue weighted by molar-refractivity contribution is -0.119. The fraction of sp³-hybridized carbons (Fsp3) is 0.583. The Labute approximate surface area is 90.0 Å². The molecule has 0 saturated heterocycles. The maximum Gasteiger partial charge on any atom is 0.186 e. The molecule has 1 aliphatic carbocycles. The van der Waals surface area contributed by atoms with E-state index in [0.29, 0.717) is 12.3 Å². The van der Waals surface area contributed by atoms with Gasteiger partial charge in [-0.05, 0) is 11.5 Å². The molecule has 15 heavy (non-hydrogen) atoms. The van der Waals surface area contributed by atoms with Gasteiger partial charge in [0.1, 0.15) is 5.76 Å². The average molecular weight is 207 g/mol. The molecule has 2 N–H and O–H groups in total. The van der Waals surface area contributed by atoms with Crippen LogP contribution in [0.2, 0.25) is 0 Å². The summed E-state index contributed by atoms with van der Waals surface area (Å²) in [7, 11) is 0. The standard InChI is InChI=1S/C12H17NO2/c1-7-4-10(13)15-9-6-12(2,3)5-8(14)11(7)9/h4,7H,5-6,13H2,1-3H3. The van der Waals surface area contributed by atoms with Crippen molar-refractivity contribution in [3.8, 4) is 0 Å². The number of hydrogen-bond acceptors (Lipinski definition) is 3. The minimum atomic E-state index is -0.00669. The molecule has 0 amide bonds. The van der Waals surface area contributed by atoms with Gasteiger partial charge < -0.3 is 10.5 Å². The molecular weight excluding hydrogens is 190 g/mol. The van der Waals surface area contributed by atoms with Crippen molar-refractivity contribution in [3.63, 3.8) is 0 Å². The lowest BCUT2D eigenvalue weighted by Crippen LogP contribution is -2.31. The van der Waals surface area contributed by atoms with Gasteiger partial charge in [0.05, 0.1) is 0 Å². The van der Waals surface area contributed by atoms with Gasteiger partial charge in [0.25, 0.3) is 0 Å². The summed E-state index contributed by atoms with van der Waals surface area (Å²) in [4.78, 5) is 12.0. The van der Waals surface area contributed by atoms with Crippen LogP contribution in [-0.4, -0.2) is 5.78 Å². The Bertz CT molecular complexity index is 377. The Hall–Kier alpha value is -1.25. The van der Waals surface area contributed by atoms with Crippen LogP contribution in [0, 0.1) is 11.3 Å². The molecule has 0 radical (unpaired) electrons. The van der Waals surface area contributed by atoms with Gasteiger partial charge in [-0.2, -0.15) is 0 Å². The molecule has 0 bridgehead atoms. The van der Waals surface area contributed by atoms with E-state index in [1.807, 2.05) is 6.92 Å². The molecule has 0 saturated carbocycles. The van der Waals surface area contributed by atoms with Gasteiger partial charge in [-0.15, -0.1) is 0 Å².